The molecule has 0 atom stereocenters. The summed E-state index contributed by atoms with van der Waals surface area (Å²) in [5.41, 5.74) is 2.07. The van der Waals surface area contributed by atoms with Crippen LogP contribution in [0.5, 0.6) is 11.5 Å². The Labute approximate surface area is 143 Å². The van der Waals surface area contributed by atoms with E-state index in [1.807, 2.05) is 42.7 Å². The summed E-state index contributed by atoms with van der Waals surface area (Å²) in [6, 6.07) is 9.70. The van der Waals surface area contributed by atoms with Crippen LogP contribution in [0.2, 0.25) is 0 Å². The number of ether oxygens (including phenoxy) is 1. The number of hydrogen-bond donors (Lipinski definition) is 2. The summed E-state index contributed by atoms with van der Waals surface area (Å²) in [5, 5.41) is 4.47. The van der Waals surface area contributed by atoms with E-state index in [1.54, 1.807) is 17.7 Å². The third kappa shape index (κ3) is 2.61. The van der Waals surface area contributed by atoms with Crippen LogP contribution >= 0.6 is 11.3 Å². The van der Waals surface area contributed by atoms with Crippen molar-refractivity contribution in [2.75, 3.05) is 5.32 Å². The smallest absolute Gasteiger partial charge is 0.150 e. The van der Waals surface area contributed by atoms with Gasteiger partial charge in [0.2, 0.25) is 0 Å². The quantitative estimate of drug-likeness (QED) is 0.539. The lowest BCUT2D eigenvalue weighted by Gasteiger charge is -2.12. The van der Waals surface area contributed by atoms with Crippen LogP contribution in [0.25, 0.3) is 10.2 Å². The number of para-hydroxylation sites is 2. The first-order valence-electron chi connectivity index (χ1n) is 7.60. The number of rotatable bonds is 4. The lowest BCUT2D eigenvalue weighted by molar-refractivity contribution is 0.485. The summed E-state index contributed by atoms with van der Waals surface area (Å²) in [7, 11) is 0. The molecule has 0 unspecified atom stereocenters. The van der Waals surface area contributed by atoms with Crippen LogP contribution < -0.4 is 10.1 Å². The van der Waals surface area contributed by atoms with E-state index in [0.717, 1.165) is 33.2 Å². The van der Waals surface area contributed by atoms with E-state index < -0.39 is 0 Å². The van der Waals surface area contributed by atoms with Gasteiger partial charge in [-0.05, 0) is 37.6 Å². The number of aromatic nitrogens is 3. The summed E-state index contributed by atoms with van der Waals surface area (Å²) in [4.78, 5) is 14.1. The van der Waals surface area contributed by atoms with Crippen LogP contribution in [0.4, 0.5) is 11.5 Å². The highest BCUT2D eigenvalue weighted by atomic mass is 32.1. The summed E-state index contributed by atoms with van der Waals surface area (Å²) in [5.74, 6) is 2.31. The zero-order valence-electron chi connectivity index (χ0n) is 13.3. The lowest BCUT2D eigenvalue weighted by atomic mass is 10.2. The van der Waals surface area contributed by atoms with Crippen molar-refractivity contribution in [2.45, 2.75) is 13.8 Å². The van der Waals surface area contributed by atoms with Crippen molar-refractivity contribution in [1.82, 2.24) is 15.0 Å². The molecule has 0 spiro atoms. The van der Waals surface area contributed by atoms with Crippen molar-refractivity contribution in [1.29, 1.82) is 0 Å². The maximum Gasteiger partial charge on any atom is 0.150 e. The monoisotopic (exact) mass is 336 g/mol. The molecule has 3 aromatic heterocycles. The van der Waals surface area contributed by atoms with Crippen LogP contribution in [0.3, 0.4) is 0 Å². The molecule has 0 aliphatic rings. The number of aryl methyl sites for hydroxylation is 2. The molecule has 3 heterocycles. The molecule has 120 valence electrons. The number of aromatic amines is 1. The van der Waals surface area contributed by atoms with Crippen molar-refractivity contribution in [3.63, 3.8) is 0 Å². The highest BCUT2D eigenvalue weighted by molar-refractivity contribution is 7.18. The first kappa shape index (κ1) is 14.7. The van der Waals surface area contributed by atoms with E-state index in [2.05, 4.69) is 34.1 Å². The van der Waals surface area contributed by atoms with Crippen molar-refractivity contribution >= 4 is 33.1 Å². The summed E-state index contributed by atoms with van der Waals surface area (Å²) in [6.45, 7) is 4.21. The van der Waals surface area contributed by atoms with Crippen molar-refractivity contribution in [3.8, 4) is 11.5 Å². The first-order chi connectivity index (χ1) is 11.7. The molecule has 5 nitrogen and oxygen atoms in total. The third-order valence-electron chi connectivity index (χ3n) is 3.90. The molecule has 0 radical (unpaired) electrons. The Morgan fingerprint density at radius 3 is 2.83 bits per heavy atom. The number of anilines is 2. The van der Waals surface area contributed by atoms with Crippen molar-refractivity contribution in [2.24, 2.45) is 0 Å². The maximum absolute atomic E-state index is 5.93. The number of nitrogens with zero attached hydrogens (tertiary/aromatic N) is 2. The zero-order chi connectivity index (χ0) is 16.5. The Morgan fingerprint density at radius 1 is 1.12 bits per heavy atom. The number of fused-ring (bicyclic) bond motifs is 1. The van der Waals surface area contributed by atoms with Crippen LogP contribution in [0, 0.1) is 13.8 Å². The van der Waals surface area contributed by atoms with E-state index in [-0.39, 0.29) is 0 Å². The van der Waals surface area contributed by atoms with Crippen LogP contribution in [-0.4, -0.2) is 15.0 Å². The van der Waals surface area contributed by atoms with Gasteiger partial charge >= 0.3 is 0 Å². The minimum Gasteiger partial charge on any atom is -0.454 e. The number of hydrogen-bond acceptors (Lipinski definition) is 5. The molecule has 0 amide bonds. The van der Waals surface area contributed by atoms with E-state index in [4.69, 9.17) is 4.74 Å². The standard InChI is InChI=1S/C18H16N4OS/c1-11-12(2)24-18-16(11)17(20-10-21-18)22-14-5-3-4-6-15(14)23-13-7-8-19-9-13/h3-10,19H,1-2H3,(H,20,21,22). The first-order valence-corrected chi connectivity index (χ1v) is 8.41. The average molecular weight is 336 g/mol. The minimum absolute atomic E-state index is 0.744. The number of nitrogens with one attached hydrogen (secondary N) is 2. The van der Waals surface area contributed by atoms with Gasteiger partial charge in [0.25, 0.3) is 0 Å². The number of thiophene rings is 1. The second kappa shape index (κ2) is 5.98. The van der Waals surface area contributed by atoms with E-state index in [0.29, 0.717) is 0 Å². The molecule has 0 aliphatic heterocycles. The molecule has 1 aromatic carbocycles. The van der Waals surface area contributed by atoms with Gasteiger partial charge < -0.3 is 15.0 Å². The van der Waals surface area contributed by atoms with Crippen molar-refractivity contribution < 1.29 is 4.74 Å². The van der Waals surface area contributed by atoms with E-state index >= 15 is 0 Å². The Hall–Kier alpha value is -2.86. The molecule has 6 heteroatoms. The predicted molar refractivity (Wildman–Crippen MR) is 97.5 cm³/mol. The normalized spacial score (nSPS) is 10.9. The minimum atomic E-state index is 0.744. The average Bonchev–Trinajstić information content (AvgIpc) is 3.19. The highest BCUT2D eigenvalue weighted by Gasteiger charge is 2.13. The van der Waals surface area contributed by atoms with Crippen LogP contribution in [0.15, 0.2) is 49.1 Å². The lowest BCUT2D eigenvalue weighted by Crippen LogP contribution is -1.97. The molecule has 0 saturated heterocycles. The molecule has 0 aliphatic carbocycles. The molecule has 24 heavy (non-hydrogen) atoms. The molecule has 2 N–H and O–H groups in total. The van der Waals surface area contributed by atoms with Crippen molar-refractivity contribution in [3.05, 3.63) is 59.5 Å². The SMILES string of the molecule is Cc1sc2ncnc(Nc3ccccc3Oc3cc[nH]c3)c2c1C. The molecule has 0 saturated carbocycles. The van der Waals surface area contributed by atoms with Gasteiger partial charge in [-0.1, -0.05) is 12.1 Å². The van der Waals surface area contributed by atoms with Gasteiger partial charge in [0.15, 0.2) is 5.75 Å². The van der Waals surface area contributed by atoms with Gasteiger partial charge in [-0.15, -0.1) is 11.3 Å². The topological polar surface area (TPSA) is 62.8 Å². The zero-order valence-corrected chi connectivity index (χ0v) is 14.1. The Morgan fingerprint density at radius 2 is 2.00 bits per heavy atom. The third-order valence-corrected chi connectivity index (χ3v) is 5.02. The number of benzene rings is 1. The fourth-order valence-electron chi connectivity index (χ4n) is 2.56. The van der Waals surface area contributed by atoms with Gasteiger partial charge in [-0.25, -0.2) is 9.97 Å². The fourth-order valence-corrected chi connectivity index (χ4v) is 3.56. The fraction of sp³-hybridized carbons (Fsp3) is 0.111. The second-order valence-electron chi connectivity index (χ2n) is 5.46. The molecule has 0 bridgehead atoms. The molecular formula is C18H16N4OS. The van der Waals surface area contributed by atoms with Gasteiger partial charge in [0.1, 0.15) is 22.7 Å². The van der Waals surface area contributed by atoms with Crippen LogP contribution in [0.1, 0.15) is 10.4 Å². The maximum atomic E-state index is 5.93. The van der Waals surface area contributed by atoms with E-state index in [9.17, 15) is 0 Å². The second-order valence-corrected chi connectivity index (χ2v) is 6.66. The summed E-state index contributed by atoms with van der Waals surface area (Å²) in [6.07, 6.45) is 5.23. The summed E-state index contributed by atoms with van der Waals surface area (Å²) < 4.78 is 5.93. The predicted octanol–water partition coefficient (Wildman–Crippen LogP) is 5.17. The Bertz CT molecular complexity index is 992. The van der Waals surface area contributed by atoms with Gasteiger partial charge in [-0.3, -0.25) is 0 Å². The molecule has 4 aromatic rings. The molecule has 0 fully saturated rings. The Kier molecular flexibility index (Phi) is 3.66. The number of H-pyrrole nitrogens is 1. The Balaban J connectivity index is 1.74. The van der Waals surface area contributed by atoms with Gasteiger partial charge in [-0.2, -0.15) is 0 Å². The molecular weight excluding hydrogens is 320 g/mol. The van der Waals surface area contributed by atoms with Crippen LogP contribution in [-0.2, 0) is 0 Å². The summed E-state index contributed by atoms with van der Waals surface area (Å²) >= 11 is 1.68. The molecule has 4 rings (SSSR count). The largest absolute Gasteiger partial charge is 0.454 e. The van der Waals surface area contributed by atoms with Gasteiger partial charge in [0, 0.05) is 17.3 Å². The van der Waals surface area contributed by atoms with Gasteiger partial charge in [0.05, 0.1) is 11.1 Å². The van der Waals surface area contributed by atoms with E-state index in [1.165, 1.54) is 10.4 Å². The highest BCUT2D eigenvalue weighted by Crippen LogP contribution is 2.36.